The molecule has 0 aromatic rings. The maximum atomic E-state index is 5.13. The fourth-order valence-electron chi connectivity index (χ4n) is 5.97. The third-order valence-corrected chi connectivity index (χ3v) is 9.18. The van der Waals surface area contributed by atoms with Gasteiger partial charge in [0.15, 0.2) is 0 Å². The quantitative estimate of drug-likeness (QED) is 0.0951. The van der Waals surface area contributed by atoms with E-state index in [0.29, 0.717) is 0 Å². The summed E-state index contributed by atoms with van der Waals surface area (Å²) in [6.07, 6.45) is 35.6. The van der Waals surface area contributed by atoms with E-state index in [0.717, 1.165) is 11.1 Å². The summed E-state index contributed by atoms with van der Waals surface area (Å²) in [4.78, 5) is 0. The average Bonchev–Trinajstić information content (AvgIpc) is 3.00. The molecule has 0 aliphatic heterocycles. The second-order valence-electron chi connectivity index (χ2n) is 14.3. The Hall–Kier alpha value is -0.680. The van der Waals surface area contributed by atoms with Crippen LogP contribution in [0.25, 0.3) is 16.2 Å². The molecule has 2 aliphatic carbocycles. The standard InChI is InChI=1S/C42H58N5S2.3Na/c1-31(21-23-37-35(5)19-13-27-41(37,7)8)15-11-17-33(3)25-29-43-46-39(48)45-40(49)47-44-30-26-34(4)18-12-16-32(2)22-24-38-36(6)20-14-28-42(38,9)10;;;/h11-12,15-18,21-26,29-30H,13-14,19-20,27-28H2,1-10H3,(H2-,45,46,47,48,49);;;/q-1;3*+1/p-2/b17-11+,18-12+,23-21+,24-22+,31-15+,32-16+,33-25+,34-26+,43-29+,44-30+;;;. The fraction of sp³-hybridized carbons (Fsp3) is 0.429. The molecule has 0 saturated heterocycles. The van der Waals surface area contributed by atoms with Crippen LogP contribution in [0.2, 0.25) is 0 Å². The predicted octanol–water partition coefficient (Wildman–Crippen LogP) is 4.72. The van der Waals surface area contributed by atoms with Gasteiger partial charge in [-0.15, -0.1) is 24.4 Å². The van der Waals surface area contributed by atoms with Gasteiger partial charge in [0, 0.05) is 12.4 Å². The van der Waals surface area contributed by atoms with Crippen molar-refractivity contribution in [2.75, 3.05) is 0 Å². The molecule has 0 unspecified atom stereocenters. The number of thiocarbonyl (C=S) groups is 2. The minimum Gasteiger partial charge on any atom is -0.676 e. The van der Waals surface area contributed by atoms with Crippen LogP contribution in [0.5, 0.6) is 0 Å². The first-order valence-electron chi connectivity index (χ1n) is 17.2. The zero-order chi connectivity index (χ0) is 36.5. The van der Waals surface area contributed by atoms with E-state index in [1.807, 2.05) is 50.3 Å². The molecule has 0 aromatic carbocycles. The Morgan fingerprint density at radius 3 is 1.27 bits per heavy atom. The number of rotatable bonds is 12. The van der Waals surface area contributed by atoms with Gasteiger partial charge in [-0.25, -0.2) is 0 Å². The summed E-state index contributed by atoms with van der Waals surface area (Å²) in [5.74, 6) is 0. The number of hydrogen-bond donors (Lipinski definition) is 0. The van der Waals surface area contributed by atoms with E-state index in [4.69, 9.17) is 24.4 Å². The van der Waals surface area contributed by atoms with Crippen LogP contribution in [-0.2, 0) is 0 Å². The van der Waals surface area contributed by atoms with Crippen LogP contribution < -0.4 is 88.7 Å². The average molecular weight is 764 g/mol. The Balaban J connectivity index is 0. The number of allylic oxidation sites excluding steroid dienone is 20. The van der Waals surface area contributed by atoms with Crippen LogP contribution in [0.3, 0.4) is 0 Å². The van der Waals surface area contributed by atoms with Crippen molar-refractivity contribution >= 4 is 47.1 Å². The molecule has 0 aromatic heterocycles. The Morgan fingerprint density at radius 2 is 0.923 bits per heavy atom. The zero-order valence-corrected chi connectivity index (χ0v) is 42.0. The molecular formula is C42H56N5Na3S2. The summed E-state index contributed by atoms with van der Waals surface area (Å²) in [5.41, 5.74) is 18.7. The van der Waals surface area contributed by atoms with Gasteiger partial charge in [-0.2, -0.15) is 10.2 Å². The van der Waals surface area contributed by atoms with E-state index in [2.05, 4.69) is 118 Å². The van der Waals surface area contributed by atoms with Gasteiger partial charge < -0.3 is 26.4 Å². The molecule has 52 heavy (non-hydrogen) atoms. The van der Waals surface area contributed by atoms with Crippen LogP contribution >= 0.6 is 24.4 Å². The Labute approximate surface area is 393 Å². The SMILES string of the molecule is CC1=C(/C=C/C(C)=C/C=C/C(C)=C/C=N/[N-]C(=S)[N-]C(=S)[N-]/N=C/C=C(C)/C=C/C=C(C)/C=C/C2=C(C)CCCC2(C)C)C(C)(C)CCC1.[Na+].[Na+].[Na+]. The molecule has 0 spiro atoms. The van der Waals surface area contributed by atoms with Gasteiger partial charge in [0.25, 0.3) is 0 Å². The van der Waals surface area contributed by atoms with Crippen LogP contribution in [-0.4, -0.2) is 22.7 Å². The van der Waals surface area contributed by atoms with Crippen molar-refractivity contribution in [2.24, 2.45) is 21.0 Å². The molecule has 0 bridgehead atoms. The molecular weight excluding hydrogens is 708 g/mol. The Morgan fingerprint density at radius 1 is 0.577 bits per heavy atom. The first-order valence-corrected chi connectivity index (χ1v) is 18.0. The summed E-state index contributed by atoms with van der Waals surface area (Å²) in [5, 5.41) is 11.9. The summed E-state index contributed by atoms with van der Waals surface area (Å²) in [6.45, 7) is 22.1. The van der Waals surface area contributed by atoms with Crippen molar-refractivity contribution in [2.45, 2.75) is 108 Å². The smallest absolute Gasteiger partial charge is 0.676 e. The van der Waals surface area contributed by atoms with Crippen molar-refractivity contribution in [3.8, 4) is 0 Å². The largest absolute Gasteiger partial charge is 1.00 e. The number of hydrogen-bond acceptors (Lipinski definition) is 4. The van der Waals surface area contributed by atoms with E-state index in [-0.39, 0.29) is 110 Å². The topological polar surface area (TPSA) is 67.0 Å². The molecule has 0 N–H and O–H groups in total. The second kappa shape index (κ2) is 27.8. The van der Waals surface area contributed by atoms with E-state index in [9.17, 15) is 0 Å². The minimum absolute atomic E-state index is 0. The third-order valence-electron chi connectivity index (χ3n) is 8.83. The summed E-state index contributed by atoms with van der Waals surface area (Å²) in [7, 11) is 0. The predicted molar refractivity (Wildman–Crippen MR) is 225 cm³/mol. The van der Waals surface area contributed by atoms with Gasteiger partial charge in [0.2, 0.25) is 0 Å². The fourth-order valence-corrected chi connectivity index (χ4v) is 6.29. The molecule has 0 radical (unpaired) electrons. The molecule has 2 aliphatic rings. The molecule has 0 atom stereocenters. The maximum Gasteiger partial charge on any atom is 1.00 e. The van der Waals surface area contributed by atoms with Gasteiger partial charge in [-0.05, 0) is 125 Å². The van der Waals surface area contributed by atoms with Crippen LogP contribution in [0.1, 0.15) is 108 Å². The van der Waals surface area contributed by atoms with Gasteiger partial charge in [0.05, 0.1) is 0 Å². The molecule has 0 heterocycles. The molecule has 264 valence electrons. The molecule has 2 rings (SSSR count). The van der Waals surface area contributed by atoms with E-state index < -0.39 is 0 Å². The molecule has 0 fully saturated rings. The molecule has 0 amide bonds. The van der Waals surface area contributed by atoms with Crippen molar-refractivity contribution in [1.29, 1.82) is 0 Å². The minimum atomic E-state index is -0.0111. The Bertz CT molecular complexity index is 1460. The summed E-state index contributed by atoms with van der Waals surface area (Å²) >= 11 is 10.3. The third kappa shape index (κ3) is 21.4. The molecule has 5 nitrogen and oxygen atoms in total. The van der Waals surface area contributed by atoms with Crippen LogP contribution in [0.15, 0.2) is 128 Å². The summed E-state index contributed by atoms with van der Waals surface area (Å²) < 4.78 is 0. The van der Waals surface area contributed by atoms with Gasteiger partial charge >= 0.3 is 88.7 Å². The first-order chi connectivity index (χ1) is 23.1. The van der Waals surface area contributed by atoms with Crippen molar-refractivity contribution in [3.05, 3.63) is 134 Å². The van der Waals surface area contributed by atoms with Gasteiger partial charge in [-0.1, -0.05) is 111 Å². The van der Waals surface area contributed by atoms with Crippen molar-refractivity contribution < 1.29 is 88.7 Å². The summed E-state index contributed by atoms with van der Waals surface area (Å²) in [6, 6.07) is 0. The van der Waals surface area contributed by atoms with Crippen molar-refractivity contribution in [3.63, 3.8) is 0 Å². The van der Waals surface area contributed by atoms with Gasteiger partial charge in [-0.3, -0.25) is 0 Å². The maximum absolute atomic E-state index is 5.13. The van der Waals surface area contributed by atoms with E-state index in [1.165, 1.54) is 72.0 Å². The normalized spacial score (nSPS) is 18.7. The number of nitrogens with zero attached hydrogens (tertiary/aromatic N) is 5. The van der Waals surface area contributed by atoms with Crippen LogP contribution in [0.4, 0.5) is 0 Å². The molecule has 0 saturated carbocycles. The second-order valence-corrected chi connectivity index (χ2v) is 15.0. The zero-order valence-electron chi connectivity index (χ0n) is 34.4. The molecule has 10 heteroatoms. The Kier molecular flexibility index (Phi) is 28.6. The first kappa shape index (κ1) is 53.4. The van der Waals surface area contributed by atoms with E-state index >= 15 is 0 Å². The van der Waals surface area contributed by atoms with Crippen molar-refractivity contribution in [1.82, 2.24) is 0 Å². The monoisotopic (exact) mass is 763 g/mol. The van der Waals surface area contributed by atoms with E-state index in [1.54, 1.807) is 12.4 Å². The van der Waals surface area contributed by atoms with Crippen LogP contribution in [0, 0.1) is 10.8 Å². The van der Waals surface area contributed by atoms with Gasteiger partial charge in [0.1, 0.15) is 0 Å².